The van der Waals surface area contributed by atoms with Gasteiger partial charge in [0.25, 0.3) is 0 Å². The number of hydrogen-bond donors (Lipinski definition) is 1. The van der Waals surface area contributed by atoms with E-state index in [1.54, 1.807) is 0 Å². The van der Waals surface area contributed by atoms with Crippen LogP contribution in [0.5, 0.6) is 0 Å². The van der Waals surface area contributed by atoms with E-state index in [0.29, 0.717) is 0 Å². The highest BCUT2D eigenvalue weighted by Crippen LogP contribution is 2.15. The molecule has 102 valence electrons. The van der Waals surface area contributed by atoms with Crippen LogP contribution in [0.1, 0.15) is 5.56 Å². The SMILES string of the molecule is C=C(CN1CCN(C2CNC2)CC1)c1ccccc1. The summed E-state index contributed by atoms with van der Waals surface area (Å²) in [7, 11) is 0. The third-order valence-electron chi connectivity index (χ3n) is 4.28. The van der Waals surface area contributed by atoms with Crippen molar-refractivity contribution < 1.29 is 0 Å². The van der Waals surface area contributed by atoms with E-state index in [1.807, 2.05) is 0 Å². The smallest absolute Gasteiger partial charge is 0.0346 e. The highest BCUT2D eigenvalue weighted by molar-refractivity contribution is 5.64. The van der Waals surface area contributed by atoms with Crippen LogP contribution in [0.3, 0.4) is 0 Å². The number of piperazine rings is 1. The molecule has 0 atom stereocenters. The molecule has 3 heteroatoms. The quantitative estimate of drug-likeness (QED) is 0.877. The lowest BCUT2D eigenvalue weighted by Gasteiger charge is -2.43. The zero-order chi connectivity index (χ0) is 13.1. The minimum absolute atomic E-state index is 0.791. The number of nitrogens with one attached hydrogen (secondary N) is 1. The standard InChI is InChI=1S/C16H23N3/c1-14(15-5-3-2-4-6-15)13-18-7-9-19(10-8-18)16-11-17-12-16/h2-6,16-17H,1,7-13H2. The Bertz CT molecular complexity index is 417. The number of rotatable bonds is 4. The van der Waals surface area contributed by atoms with Crippen LogP contribution in [0.15, 0.2) is 36.9 Å². The Morgan fingerprint density at radius 3 is 2.37 bits per heavy atom. The van der Waals surface area contributed by atoms with Crippen molar-refractivity contribution in [3.05, 3.63) is 42.5 Å². The third-order valence-corrected chi connectivity index (χ3v) is 4.28. The van der Waals surface area contributed by atoms with Gasteiger partial charge in [0, 0.05) is 51.9 Å². The highest BCUT2D eigenvalue weighted by atomic mass is 15.3. The molecule has 0 bridgehead atoms. The van der Waals surface area contributed by atoms with Gasteiger partial charge in [-0.05, 0) is 11.1 Å². The van der Waals surface area contributed by atoms with Gasteiger partial charge in [0.15, 0.2) is 0 Å². The van der Waals surface area contributed by atoms with Crippen molar-refractivity contribution in [1.29, 1.82) is 0 Å². The second-order valence-electron chi connectivity index (χ2n) is 5.59. The van der Waals surface area contributed by atoms with Crippen molar-refractivity contribution in [1.82, 2.24) is 15.1 Å². The van der Waals surface area contributed by atoms with Crippen LogP contribution in [-0.4, -0.2) is 61.7 Å². The molecular weight excluding hydrogens is 234 g/mol. The molecule has 0 unspecified atom stereocenters. The van der Waals surface area contributed by atoms with Gasteiger partial charge in [-0.25, -0.2) is 0 Å². The van der Waals surface area contributed by atoms with Crippen molar-refractivity contribution >= 4 is 5.57 Å². The van der Waals surface area contributed by atoms with Gasteiger partial charge in [0.2, 0.25) is 0 Å². The Morgan fingerprint density at radius 1 is 1.11 bits per heavy atom. The molecule has 1 aromatic rings. The summed E-state index contributed by atoms with van der Waals surface area (Å²) in [5.41, 5.74) is 2.51. The van der Waals surface area contributed by atoms with Gasteiger partial charge < -0.3 is 5.32 Å². The zero-order valence-electron chi connectivity index (χ0n) is 11.5. The molecule has 0 radical (unpaired) electrons. The number of hydrogen-bond acceptors (Lipinski definition) is 3. The molecule has 1 aromatic carbocycles. The first kappa shape index (κ1) is 12.9. The molecule has 0 spiro atoms. The lowest BCUT2D eigenvalue weighted by molar-refractivity contribution is 0.0791. The molecule has 0 aliphatic carbocycles. The predicted octanol–water partition coefficient (Wildman–Crippen LogP) is 1.29. The van der Waals surface area contributed by atoms with Crippen LogP contribution < -0.4 is 5.32 Å². The van der Waals surface area contributed by atoms with Crippen molar-refractivity contribution in [3.63, 3.8) is 0 Å². The topological polar surface area (TPSA) is 18.5 Å². The summed E-state index contributed by atoms with van der Waals surface area (Å²) in [5.74, 6) is 0. The second-order valence-corrected chi connectivity index (χ2v) is 5.59. The van der Waals surface area contributed by atoms with Gasteiger partial charge in [-0.15, -0.1) is 0 Å². The summed E-state index contributed by atoms with van der Waals surface area (Å²) in [6.45, 7) is 12.3. The number of nitrogens with zero attached hydrogens (tertiary/aromatic N) is 2. The molecule has 2 saturated heterocycles. The highest BCUT2D eigenvalue weighted by Gasteiger charge is 2.27. The molecular formula is C16H23N3. The first-order valence-electron chi connectivity index (χ1n) is 7.23. The maximum absolute atomic E-state index is 4.24. The summed E-state index contributed by atoms with van der Waals surface area (Å²) in [5, 5.41) is 3.35. The summed E-state index contributed by atoms with van der Waals surface area (Å²) in [4.78, 5) is 5.15. The Morgan fingerprint density at radius 2 is 1.79 bits per heavy atom. The van der Waals surface area contributed by atoms with Crippen LogP contribution in [0.2, 0.25) is 0 Å². The lowest BCUT2D eigenvalue weighted by atomic mass is 10.1. The van der Waals surface area contributed by atoms with E-state index in [4.69, 9.17) is 0 Å². The lowest BCUT2D eigenvalue weighted by Crippen LogP contribution is -2.61. The summed E-state index contributed by atoms with van der Waals surface area (Å²) in [6, 6.07) is 11.3. The Balaban J connectivity index is 1.48. The van der Waals surface area contributed by atoms with Gasteiger partial charge in [-0.1, -0.05) is 36.9 Å². The number of benzene rings is 1. The maximum atomic E-state index is 4.24. The summed E-state index contributed by atoms with van der Waals surface area (Å²) < 4.78 is 0. The van der Waals surface area contributed by atoms with Crippen LogP contribution in [0.25, 0.3) is 5.57 Å². The molecule has 3 nitrogen and oxygen atoms in total. The van der Waals surface area contributed by atoms with Gasteiger partial charge in [-0.2, -0.15) is 0 Å². The molecule has 3 rings (SSSR count). The molecule has 2 heterocycles. The van der Waals surface area contributed by atoms with Crippen LogP contribution in [-0.2, 0) is 0 Å². The molecule has 2 aliphatic rings. The monoisotopic (exact) mass is 257 g/mol. The van der Waals surface area contributed by atoms with Gasteiger partial charge in [0.05, 0.1) is 0 Å². The van der Waals surface area contributed by atoms with Crippen LogP contribution in [0.4, 0.5) is 0 Å². The zero-order valence-corrected chi connectivity index (χ0v) is 11.5. The molecule has 2 aliphatic heterocycles. The first-order chi connectivity index (χ1) is 9.33. The molecule has 2 fully saturated rings. The van der Waals surface area contributed by atoms with Crippen molar-refractivity contribution in [2.45, 2.75) is 6.04 Å². The van der Waals surface area contributed by atoms with E-state index < -0.39 is 0 Å². The van der Waals surface area contributed by atoms with Crippen molar-refractivity contribution in [2.24, 2.45) is 0 Å². The van der Waals surface area contributed by atoms with E-state index >= 15 is 0 Å². The van der Waals surface area contributed by atoms with Crippen molar-refractivity contribution in [2.75, 3.05) is 45.8 Å². The van der Waals surface area contributed by atoms with Gasteiger partial charge >= 0.3 is 0 Å². The third kappa shape index (κ3) is 3.06. The molecule has 1 N–H and O–H groups in total. The normalized spacial score (nSPS) is 22.1. The fourth-order valence-corrected chi connectivity index (χ4v) is 2.85. The predicted molar refractivity (Wildman–Crippen MR) is 80.1 cm³/mol. The average molecular weight is 257 g/mol. The van der Waals surface area contributed by atoms with E-state index in [0.717, 1.165) is 12.6 Å². The maximum Gasteiger partial charge on any atom is 0.0346 e. The fourth-order valence-electron chi connectivity index (χ4n) is 2.85. The molecule has 0 amide bonds. The van der Waals surface area contributed by atoms with E-state index in [9.17, 15) is 0 Å². The molecule has 0 aromatic heterocycles. The van der Waals surface area contributed by atoms with E-state index in [-0.39, 0.29) is 0 Å². The second kappa shape index (κ2) is 5.87. The Kier molecular flexibility index (Phi) is 3.97. The summed E-state index contributed by atoms with van der Waals surface area (Å²) >= 11 is 0. The summed E-state index contributed by atoms with van der Waals surface area (Å²) in [6.07, 6.45) is 0. The van der Waals surface area contributed by atoms with Crippen LogP contribution in [0, 0.1) is 0 Å². The van der Waals surface area contributed by atoms with E-state index in [2.05, 4.69) is 52.0 Å². The minimum Gasteiger partial charge on any atom is -0.314 e. The molecule has 0 saturated carbocycles. The van der Waals surface area contributed by atoms with E-state index in [1.165, 1.54) is 50.4 Å². The average Bonchev–Trinajstić information content (AvgIpc) is 2.40. The van der Waals surface area contributed by atoms with Gasteiger partial charge in [-0.3, -0.25) is 9.80 Å². The first-order valence-corrected chi connectivity index (χ1v) is 7.23. The van der Waals surface area contributed by atoms with Gasteiger partial charge in [0.1, 0.15) is 0 Å². The Hall–Kier alpha value is -1.16. The fraction of sp³-hybridized carbons (Fsp3) is 0.500. The van der Waals surface area contributed by atoms with Crippen LogP contribution >= 0.6 is 0 Å². The minimum atomic E-state index is 0.791. The molecule has 19 heavy (non-hydrogen) atoms. The largest absolute Gasteiger partial charge is 0.314 e. The Labute approximate surface area is 115 Å². The van der Waals surface area contributed by atoms with Crippen molar-refractivity contribution in [3.8, 4) is 0 Å².